The molecule has 13 heteroatoms. The quantitative estimate of drug-likeness (QED) is 0.412. The van der Waals surface area contributed by atoms with E-state index < -0.39 is 22.8 Å². The molecule has 0 aliphatic heterocycles. The van der Waals surface area contributed by atoms with Gasteiger partial charge in [0.15, 0.2) is 0 Å². The molecule has 0 heterocycles. The molecule has 0 bridgehead atoms. The molecule has 0 fully saturated rings. The fourth-order valence-corrected chi connectivity index (χ4v) is 3.52. The van der Waals surface area contributed by atoms with Crippen molar-refractivity contribution in [2.45, 2.75) is 59.9 Å². The molecular formula is C12H33O9P3Sm. The molecule has 0 aliphatic carbocycles. The van der Waals surface area contributed by atoms with Crippen LogP contribution < -0.4 is 0 Å². The number of hydrogen-bond donors (Lipinski definition) is 3. The summed E-state index contributed by atoms with van der Waals surface area (Å²) in [5.74, 6) is 0. The summed E-state index contributed by atoms with van der Waals surface area (Å²) in [5, 5.41) is 0. The summed E-state index contributed by atoms with van der Waals surface area (Å²) in [6.07, 6.45) is -0.512. The molecule has 9 nitrogen and oxygen atoms in total. The van der Waals surface area contributed by atoms with E-state index in [-0.39, 0.29) is 58.7 Å². The van der Waals surface area contributed by atoms with Gasteiger partial charge in [0.1, 0.15) is 0 Å². The van der Waals surface area contributed by atoms with Gasteiger partial charge in [-0.25, -0.2) is 0 Å². The van der Waals surface area contributed by atoms with E-state index in [0.717, 1.165) is 0 Å². The van der Waals surface area contributed by atoms with Crippen molar-refractivity contribution < 1.29 is 82.3 Å². The Bertz CT molecular complexity index is 384. The predicted octanol–water partition coefficient (Wildman–Crippen LogP) is 3.68. The molecule has 3 N–H and O–H groups in total. The topological polar surface area (TPSA) is 140 Å². The molecule has 0 saturated heterocycles. The van der Waals surface area contributed by atoms with Crippen LogP contribution in [0.5, 0.6) is 0 Å². The Kier molecular flexibility index (Phi) is 21.5. The van der Waals surface area contributed by atoms with E-state index in [1.165, 1.54) is 20.0 Å². The van der Waals surface area contributed by atoms with E-state index in [2.05, 4.69) is 13.6 Å². The SMILES string of the molecule is CC(C)OP(C)(=O)O.CC(C)OP(C)(=O)O.CC(C)OP(C)(=O)O.[Sm]. The zero-order valence-corrected chi connectivity index (χ0v) is 21.6. The van der Waals surface area contributed by atoms with Gasteiger partial charge in [0, 0.05) is 60.4 Å². The van der Waals surface area contributed by atoms with Crippen LogP contribution in [0.1, 0.15) is 41.5 Å². The van der Waals surface area contributed by atoms with Crippen molar-refractivity contribution in [3.63, 3.8) is 0 Å². The second-order valence-electron chi connectivity index (χ2n) is 5.87. The third-order valence-corrected chi connectivity index (χ3v) is 3.66. The van der Waals surface area contributed by atoms with Crippen molar-refractivity contribution in [1.29, 1.82) is 0 Å². The van der Waals surface area contributed by atoms with Crippen LogP contribution in [0.4, 0.5) is 0 Å². The van der Waals surface area contributed by atoms with E-state index >= 15 is 0 Å². The van der Waals surface area contributed by atoms with Gasteiger partial charge in [-0.05, 0) is 41.5 Å². The fourth-order valence-electron chi connectivity index (χ4n) is 1.17. The Morgan fingerprint density at radius 3 is 0.680 bits per heavy atom. The molecule has 0 radical (unpaired) electrons. The monoisotopic (exact) mass is 566 g/mol. The second-order valence-corrected chi connectivity index (χ2v) is 11.3. The Morgan fingerprint density at radius 2 is 0.680 bits per heavy atom. The molecule has 0 spiro atoms. The van der Waals surface area contributed by atoms with Gasteiger partial charge in [0.25, 0.3) is 0 Å². The average Bonchev–Trinajstić information content (AvgIpc) is 2.04. The van der Waals surface area contributed by atoms with Crippen LogP contribution in [-0.2, 0) is 27.3 Å². The van der Waals surface area contributed by atoms with Gasteiger partial charge in [-0.1, -0.05) is 0 Å². The first-order valence-electron chi connectivity index (χ1n) is 7.21. The molecule has 0 rings (SSSR count). The van der Waals surface area contributed by atoms with Crippen LogP contribution in [0.3, 0.4) is 0 Å². The van der Waals surface area contributed by atoms with Crippen LogP contribution in [0.25, 0.3) is 0 Å². The number of hydrogen-bond acceptors (Lipinski definition) is 6. The van der Waals surface area contributed by atoms with Gasteiger partial charge in [0.05, 0.1) is 18.3 Å². The maximum Gasteiger partial charge on any atom is 0.325 e. The Balaban J connectivity index is -0.000000130. The first-order valence-corrected chi connectivity index (χ1v) is 13.3. The summed E-state index contributed by atoms with van der Waals surface area (Å²) in [4.78, 5) is 25.6. The third kappa shape index (κ3) is 51.8. The molecule has 156 valence electrons. The summed E-state index contributed by atoms with van der Waals surface area (Å²) < 4.78 is 44.7. The number of rotatable bonds is 6. The van der Waals surface area contributed by atoms with Crippen LogP contribution in [-0.4, -0.2) is 53.0 Å². The summed E-state index contributed by atoms with van der Waals surface area (Å²) >= 11 is 0. The van der Waals surface area contributed by atoms with Gasteiger partial charge in [-0.15, -0.1) is 0 Å². The minimum Gasteiger partial charge on any atom is -0.324 e. The first kappa shape index (κ1) is 34.3. The Labute approximate surface area is 183 Å². The van der Waals surface area contributed by atoms with E-state index in [0.29, 0.717) is 0 Å². The van der Waals surface area contributed by atoms with Crippen LogP contribution >= 0.6 is 22.8 Å². The summed E-state index contributed by atoms with van der Waals surface area (Å²) in [7, 11) is -9.67. The molecule has 25 heavy (non-hydrogen) atoms. The molecule has 0 saturated carbocycles. The molecule has 0 aliphatic rings. The van der Waals surface area contributed by atoms with Crippen molar-refractivity contribution in [3.05, 3.63) is 0 Å². The zero-order valence-electron chi connectivity index (χ0n) is 16.3. The van der Waals surface area contributed by atoms with Gasteiger partial charge in [0.2, 0.25) is 0 Å². The molecule has 0 aromatic rings. The average molecular weight is 565 g/mol. The summed E-state index contributed by atoms with van der Waals surface area (Å²) in [6, 6.07) is 0. The minimum absolute atomic E-state index is 0. The van der Waals surface area contributed by atoms with E-state index in [1.807, 2.05) is 0 Å². The smallest absolute Gasteiger partial charge is 0.324 e. The van der Waals surface area contributed by atoms with Crippen LogP contribution in [0.2, 0.25) is 0 Å². The molecule has 0 aromatic carbocycles. The Hall–Kier alpha value is 1.79. The van der Waals surface area contributed by atoms with Crippen LogP contribution in [0, 0.1) is 40.4 Å². The van der Waals surface area contributed by atoms with Crippen molar-refractivity contribution in [3.8, 4) is 0 Å². The third-order valence-electron chi connectivity index (χ3n) is 1.22. The van der Waals surface area contributed by atoms with E-state index in [4.69, 9.17) is 14.7 Å². The normalized spacial score (nSPS) is 17.9. The van der Waals surface area contributed by atoms with E-state index in [1.54, 1.807) is 41.5 Å². The van der Waals surface area contributed by atoms with Gasteiger partial charge in [-0.2, -0.15) is 0 Å². The fraction of sp³-hybridized carbons (Fsp3) is 1.00. The standard InChI is InChI=1S/3C4H11O3P.Sm/c3*1-4(2)7-8(3,5)6;/h3*4H,1-3H3,(H,5,6);. The molecule has 0 amide bonds. The van der Waals surface area contributed by atoms with Crippen molar-refractivity contribution >= 4 is 22.8 Å². The van der Waals surface area contributed by atoms with Crippen molar-refractivity contribution in [1.82, 2.24) is 0 Å². The van der Waals surface area contributed by atoms with Crippen molar-refractivity contribution in [2.75, 3.05) is 20.0 Å². The van der Waals surface area contributed by atoms with Gasteiger partial charge in [-0.3, -0.25) is 13.7 Å². The van der Waals surface area contributed by atoms with Crippen molar-refractivity contribution in [2.24, 2.45) is 0 Å². The predicted molar refractivity (Wildman–Crippen MR) is 95.9 cm³/mol. The first-order chi connectivity index (χ1) is 10.2. The molecule has 3 atom stereocenters. The minimum atomic E-state index is -3.22. The maximum atomic E-state index is 10.4. The summed E-state index contributed by atoms with van der Waals surface area (Å²) in [5.41, 5.74) is 0. The van der Waals surface area contributed by atoms with Gasteiger partial charge >= 0.3 is 22.8 Å². The largest absolute Gasteiger partial charge is 0.325 e. The van der Waals surface area contributed by atoms with Crippen LogP contribution in [0.15, 0.2) is 0 Å². The molecule has 0 aromatic heterocycles. The summed E-state index contributed by atoms with van der Waals surface area (Å²) in [6.45, 7) is 13.8. The molecular weight excluding hydrogens is 531 g/mol. The van der Waals surface area contributed by atoms with Gasteiger partial charge < -0.3 is 28.3 Å². The maximum absolute atomic E-state index is 10.4. The zero-order chi connectivity index (χ0) is 20.4. The molecule has 3 unspecified atom stereocenters. The second kappa shape index (κ2) is 15.7. The van der Waals surface area contributed by atoms with E-state index in [9.17, 15) is 13.7 Å². The Morgan fingerprint density at radius 1 is 0.560 bits per heavy atom.